The second-order valence-corrected chi connectivity index (χ2v) is 8.86. The van der Waals surface area contributed by atoms with Crippen LogP contribution < -0.4 is 14.8 Å². The lowest BCUT2D eigenvalue weighted by Crippen LogP contribution is -2.23. The third kappa shape index (κ3) is 3.89. The minimum atomic E-state index is -0.205. The number of hydrogen-bond donors (Lipinski definition) is 0. The fraction of sp³-hybridized carbons (Fsp3) is 0.0370. The van der Waals surface area contributed by atoms with Crippen molar-refractivity contribution < 1.29 is 4.74 Å². The van der Waals surface area contributed by atoms with Crippen LogP contribution in [0.1, 0.15) is 5.56 Å². The predicted molar refractivity (Wildman–Crippen MR) is 137 cm³/mol. The normalized spacial score (nSPS) is 11.9. The molecule has 170 valence electrons. The summed E-state index contributed by atoms with van der Waals surface area (Å²) >= 11 is 1.31. The van der Waals surface area contributed by atoms with Crippen molar-refractivity contribution >= 4 is 22.4 Å². The largest absolute Gasteiger partial charge is 0.497 e. The van der Waals surface area contributed by atoms with Crippen LogP contribution in [0.3, 0.4) is 0 Å². The van der Waals surface area contributed by atoms with Gasteiger partial charge in [-0.2, -0.15) is 14.6 Å². The van der Waals surface area contributed by atoms with Gasteiger partial charge in [-0.3, -0.25) is 4.79 Å². The maximum Gasteiger partial charge on any atom is 0.291 e. The minimum Gasteiger partial charge on any atom is -0.497 e. The van der Waals surface area contributed by atoms with E-state index in [0.29, 0.717) is 15.3 Å². The first kappa shape index (κ1) is 21.0. The fourth-order valence-electron chi connectivity index (χ4n) is 3.86. The molecule has 35 heavy (non-hydrogen) atoms. The van der Waals surface area contributed by atoms with Gasteiger partial charge in [-0.25, -0.2) is 4.68 Å². The van der Waals surface area contributed by atoms with Crippen molar-refractivity contribution in [1.29, 1.82) is 0 Å². The summed E-state index contributed by atoms with van der Waals surface area (Å²) in [6.45, 7) is 0. The molecule has 0 saturated heterocycles. The molecule has 6 rings (SSSR count). The van der Waals surface area contributed by atoms with E-state index in [1.165, 1.54) is 15.9 Å². The number of ether oxygens (including phenoxy) is 1. The Morgan fingerprint density at radius 2 is 1.57 bits per heavy atom. The van der Waals surface area contributed by atoms with E-state index >= 15 is 0 Å². The van der Waals surface area contributed by atoms with Crippen LogP contribution in [0, 0.1) is 0 Å². The summed E-state index contributed by atoms with van der Waals surface area (Å²) in [5.41, 5.74) is 4.18. The molecule has 0 unspecified atom stereocenters. The van der Waals surface area contributed by atoms with Gasteiger partial charge in [-0.1, -0.05) is 59.9 Å². The maximum absolute atomic E-state index is 13.2. The SMILES string of the molecule is COc1ccc(-c2nc3s/c(=C/c4cn(-c5ccccc5)nc4-c4ccccc4)c(=O)n3n2)cc1. The summed E-state index contributed by atoms with van der Waals surface area (Å²) in [5.74, 6) is 1.26. The molecule has 0 atom stereocenters. The Kier molecular flexibility index (Phi) is 5.20. The molecule has 0 aliphatic heterocycles. The number of rotatable bonds is 5. The third-order valence-corrected chi connectivity index (χ3v) is 6.59. The average Bonchev–Trinajstić information content (AvgIpc) is 3.60. The second-order valence-electron chi connectivity index (χ2n) is 7.85. The molecule has 0 spiro atoms. The lowest BCUT2D eigenvalue weighted by atomic mass is 10.1. The zero-order chi connectivity index (χ0) is 23.8. The van der Waals surface area contributed by atoms with E-state index in [2.05, 4.69) is 10.1 Å². The van der Waals surface area contributed by atoms with Gasteiger partial charge in [0.2, 0.25) is 4.96 Å². The molecule has 7 nitrogen and oxygen atoms in total. The minimum absolute atomic E-state index is 0.205. The maximum atomic E-state index is 13.2. The second kappa shape index (κ2) is 8.66. The molecule has 0 radical (unpaired) electrons. The number of hydrogen-bond acceptors (Lipinski definition) is 6. The van der Waals surface area contributed by atoms with Crippen molar-refractivity contribution in [3.8, 4) is 34.1 Å². The number of nitrogens with zero attached hydrogens (tertiary/aromatic N) is 5. The molecule has 0 fully saturated rings. The van der Waals surface area contributed by atoms with Crippen molar-refractivity contribution in [2.45, 2.75) is 0 Å². The van der Waals surface area contributed by atoms with Gasteiger partial charge in [0, 0.05) is 22.9 Å². The van der Waals surface area contributed by atoms with E-state index in [1.54, 1.807) is 7.11 Å². The zero-order valence-electron chi connectivity index (χ0n) is 18.7. The highest BCUT2D eigenvalue weighted by atomic mass is 32.1. The van der Waals surface area contributed by atoms with E-state index in [1.807, 2.05) is 102 Å². The number of benzene rings is 3. The molecule has 0 aliphatic rings. The number of thiazole rings is 1. The highest BCUT2D eigenvalue weighted by Gasteiger charge is 2.15. The van der Waals surface area contributed by atoms with E-state index in [4.69, 9.17) is 9.84 Å². The summed E-state index contributed by atoms with van der Waals surface area (Å²) < 4.78 is 8.95. The zero-order valence-corrected chi connectivity index (χ0v) is 19.5. The van der Waals surface area contributed by atoms with Crippen LogP contribution >= 0.6 is 11.3 Å². The average molecular weight is 478 g/mol. The molecule has 3 aromatic carbocycles. The summed E-state index contributed by atoms with van der Waals surface area (Å²) in [4.78, 5) is 18.3. The first-order valence-electron chi connectivity index (χ1n) is 11.0. The number of methoxy groups -OCH3 is 1. The Morgan fingerprint density at radius 1 is 0.857 bits per heavy atom. The van der Waals surface area contributed by atoms with Gasteiger partial charge in [0.25, 0.3) is 5.56 Å². The molecule has 0 saturated carbocycles. The fourth-order valence-corrected chi connectivity index (χ4v) is 4.76. The van der Waals surface area contributed by atoms with Crippen LogP contribution in [0.15, 0.2) is 95.9 Å². The first-order valence-corrected chi connectivity index (χ1v) is 11.8. The summed E-state index contributed by atoms with van der Waals surface area (Å²) in [7, 11) is 1.62. The topological polar surface area (TPSA) is 74.3 Å². The van der Waals surface area contributed by atoms with Gasteiger partial charge in [-0.15, -0.1) is 5.10 Å². The number of para-hydroxylation sites is 1. The van der Waals surface area contributed by atoms with E-state index in [-0.39, 0.29) is 5.56 Å². The molecule has 0 amide bonds. The standard InChI is InChI=1S/C27H19N5O2S/c1-34-22-14-12-19(13-15-22)25-28-27-32(30-25)26(33)23(35-27)16-20-17-31(21-10-6-3-7-11-21)29-24(20)18-8-4-2-5-9-18/h2-17H,1H3/b23-16+. The lowest BCUT2D eigenvalue weighted by Gasteiger charge is -2.00. The van der Waals surface area contributed by atoms with Gasteiger partial charge < -0.3 is 4.74 Å². The van der Waals surface area contributed by atoms with Gasteiger partial charge in [0.05, 0.1) is 23.0 Å². The molecule has 8 heteroatoms. The number of fused-ring (bicyclic) bond motifs is 1. The summed E-state index contributed by atoms with van der Waals surface area (Å²) in [6, 6.07) is 27.3. The van der Waals surface area contributed by atoms with E-state index < -0.39 is 0 Å². The molecular formula is C27H19N5O2S. The number of aromatic nitrogens is 5. The van der Waals surface area contributed by atoms with Crippen LogP contribution in [-0.4, -0.2) is 31.5 Å². The Balaban J connectivity index is 1.46. The Labute approximate surface area is 204 Å². The lowest BCUT2D eigenvalue weighted by molar-refractivity contribution is 0.415. The molecular weight excluding hydrogens is 458 g/mol. The Morgan fingerprint density at radius 3 is 2.26 bits per heavy atom. The Hall–Kier alpha value is -4.56. The quantitative estimate of drug-likeness (QED) is 0.372. The van der Waals surface area contributed by atoms with Crippen molar-refractivity contribution in [2.75, 3.05) is 7.11 Å². The van der Waals surface area contributed by atoms with Crippen LogP contribution in [0.4, 0.5) is 0 Å². The van der Waals surface area contributed by atoms with E-state index in [0.717, 1.165) is 33.8 Å². The van der Waals surface area contributed by atoms with Crippen molar-refractivity contribution in [1.82, 2.24) is 24.4 Å². The third-order valence-electron chi connectivity index (χ3n) is 5.63. The van der Waals surface area contributed by atoms with Gasteiger partial charge in [-0.05, 0) is 42.5 Å². The molecule has 0 N–H and O–H groups in total. The highest BCUT2D eigenvalue weighted by Crippen LogP contribution is 2.25. The Bertz CT molecular complexity index is 1740. The first-order chi connectivity index (χ1) is 17.2. The van der Waals surface area contributed by atoms with Gasteiger partial charge in [0.15, 0.2) is 5.82 Å². The smallest absolute Gasteiger partial charge is 0.291 e. The molecule has 6 aromatic rings. The van der Waals surface area contributed by atoms with Crippen LogP contribution in [0.25, 0.3) is 39.4 Å². The van der Waals surface area contributed by atoms with Crippen molar-refractivity contribution in [3.63, 3.8) is 0 Å². The van der Waals surface area contributed by atoms with Gasteiger partial charge in [0.1, 0.15) is 5.75 Å². The monoisotopic (exact) mass is 477 g/mol. The summed E-state index contributed by atoms with van der Waals surface area (Å²) in [5, 5.41) is 9.28. The molecule has 0 bridgehead atoms. The van der Waals surface area contributed by atoms with Crippen molar-refractivity contribution in [3.05, 3.63) is 112 Å². The van der Waals surface area contributed by atoms with Crippen LogP contribution in [0.2, 0.25) is 0 Å². The van der Waals surface area contributed by atoms with Crippen molar-refractivity contribution in [2.24, 2.45) is 0 Å². The predicted octanol–water partition coefficient (Wildman–Crippen LogP) is 4.23. The summed E-state index contributed by atoms with van der Waals surface area (Å²) in [6.07, 6.45) is 3.81. The highest BCUT2D eigenvalue weighted by molar-refractivity contribution is 7.15. The van der Waals surface area contributed by atoms with Gasteiger partial charge >= 0.3 is 0 Å². The molecule has 0 aliphatic carbocycles. The molecule has 3 heterocycles. The molecule has 3 aromatic heterocycles. The van der Waals surface area contributed by atoms with Crippen LogP contribution in [-0.2, 0) is 0 Å². The van der Waals surface area contributed by atoms with E-state index in [9.17, 15) is 4.79 Å². The van der Waals surface area contributed by atoms with Crippen LogP contribution in [0.5, 0.6) is 5.75 Å².